The van der Waals surface area contributed by atoms with Gasteiger partial charge in [-0.3, -0.25) is 14.6 Å². The number of benzene rings is 1. The lowest BCUT2D eigenvalue weighted by molar-refractivity contribution is -0.138. The summed E-state index contributed by atoms with van der Waals surface area (Å²) in [7, 11) is 0. The molecule has 2 aliphatic carbocycles. The molecule has 6 heteroatoms. The Bertz CT molecular complexity index is 1150. The van der Waals surface area contributed by atoms with E-state index in [0.717, 1.165) is 55.2 Å². The van der Waals surface area contributed by atoms with E-state index in [2.05, 4.69) is 45.6 Å². The van der Waals surface area contributed by atoms with Gasteiger partial charge in [0.05, 0.1) is 17.6 Å². The van der Waals surface area contributed by atoms with E-state index in [1.54, 1.807) is 0 Å². The van der Waals surface area contributed by atoms with E-state index in [4.69, 9.17) is 4.98 Å². The third-order valence-corrected chi connectivity index (χ3v) is 11.3. The first-order valence-corrected chi connectivity index (χ1v) is 15.7. The van der Waals surface area contributed by atoms with Gasteiger partial charge in [-0.15, -0.1) is 0 Å². The molecule has 3 aliphatic heterocycles. The third-order valence-electron chi connectivity index (χ3n) is 11.3. The second-order valence-electron chi connectivity index (χ2n) is 13.6. The monoisotopic (exact) mass is 518 g/mol. The van der Waals surface area contributed by atoms with Gasteiger partial charge in [-0.1, -0.05) is 38.3 Å². The highest BCUT2D eigenvalue weighted by Crippen LogP contribution is 2.49. The number of aliphatic carboxylic acids is 1. The van der Waals surface area contributed by atoms with Gasteiger partial charge in [0.25, 0.3) is 0 Å². The normalized spacial score (nSPS) is 38.3. The Morgan fingerprint density at radius 1 is 0.921 bits per heavy atom. The van der Waals surface area contributed by atoms with E-state index in [-0.39, 0.29) is 6.54 Å². The summed E-state index contributed by atoms with van der Waals surface area (Å²) in [6.45, 7) is 4.35. The van der Waals surface area contributed by atoms with Crippen molar-refractivity contribution in [1.82, 2.24) is 19.4 Å². The second kappa shape index (κ2) is 10.2. The topological polar surface area (TPSA) is 61.6 Å². The van der Waals surface area contributed by atoms with Gasteiger partial charge in [0.15, 0.2) is 0 Å². The van der Waals surface area contributed by atoms with Crippen LogP contribution < -0.4 is 0 Å². The van der Waals surface area contributed by atoms with Crippen molar-refractivity contribution >= 4 is 17.0 Å². The Labute approximate surface area is 227 Å². The van der Waals surface area contributed by atoms with Crippen LogP contribution in [0.25, 0.3) is 11.0 Å². The molecule has 8 atom stereocenters. The molecular weight excluding hydrogens is 472 g/mol. The van der Waals surface area contributed by atoms with Crippen LogP contribution in [0.1, 0.15) is 102 Å². The highest BCUT2D eigenvalue weighted by molar-refractivity contribution is 5.76. The summed E-state index contributed by atoms with van der Waals surface area (Å²) >= 11 is 0. The molecule has 5 fully saturated rings. The van der Waals surface area contributed by atoms with Crippen LogP contribution in [-0.2, 0) is 4.79 Å². The molecule has 1 unspecified atom stereocenters. The van der Waals surface area contributed by atoms with E-state index < -0.39 is 5.97 Å². The number of rotatable bonds is 5. The van der Waals surface area contributed by atoms with Crippen LogP contribution in [0.15, 0.2) is 24.3 Å². The number of carboxylic acid groups (broad SMARTS) is 1. The maximum absolute atomic E-state index is 11.5. The summed E-state index contributed by atoms with van der Waals surface area (Å²) in [5.41, 5.74) is 2.40. The Balaban J connectivity index is 1.17. The van der Waals surface area contributed by atoms with Crippen LogP contribution in [0.2, 0.25) is 0 Å². The third kappa shape index (κ3) is 4.60. The Morgan fingerprint density at radius 3 is 2.55 bits per heavy atom. The summed E-state index contributed by atoms with van der Waals surface area (Å²) in [6, 6.07) is 11.4. The highest BCUT2D eigenvalue weighted by Gasteiger charge is 2.46. The number of para-hydroxylation sites is 2. The number of fused-ring (bicyclic) bond motifs is 5. The number of likely N-dealkylation sites (tertiary alicyclic amines) is 1. The summed E-state index contributed by atoms with van der Waals surface area (Å²) < 4.78 is 2.64. The summed E-state index contributed by atoms with van der Waals surface area (Å²) in [6.07, 6.45) is 16.0. The standard InChI is InChI=1S/C32H46N4O2/c1-21-11-12-22-14-24(21)16-27(15-22)35-25-7-4-8-26(35)18-28(17-25)36-30-10-3-2-9-29(30)33-32(36)23-6-5-13-34(19-23)20-31(37)38/h2-3,9-10,21-28H,4-8,11-20H2,1H3,(H,37,38)/t21-,22-,23+,24+,25-,26+,27+,28?/m1/s1. The first-order chi connectivity index (χ1) is 18.5. The predicted octanol–water partition coefficient (Wildman–Crippen LogP) is 6.07. The van der Waals surface area contributed by atoms with Crippen molar-refractivity contribution < 1.29 is 9.90 Å². The lowest BCUT2D eigenvalue weighted by Gasteiger charge is -2.56. The molecular formula is C32H46N4O2. The van der Waals surface area contributed by atoms with Gasteiger partial charge < -0.3 is 9.67 Å². The first kappa shape index (κ1) is 25.1. The van der Waals surface area contributed by atoms with E-state index in [1.165, 1.54) is 75.5 Å². The van der Waals surface area contributed by atoms with Crippen LogP contribution in [0.3, 0.4) is 0 Å². The van der Waals surface area contributed by atoms with E-state index >= 15 is 0 Å². The fraction of sp³-hybridized carbons (Fsp3) is 0.750. The van der Waals surface area contributed by atoms with Crippen molar-refractivity contribution in [1.29, 1.82) is 0 Å². The van der Waals surface area contributed by atoms with Gasteiger partial charge in [0.2, 0.25) is 0 Å². The van der Waals surface area contributed by atoms with E-state index in [1.807, 2.05) is 0 Å². The fourth-order valence-corrected chi connectivity index (χ4v) is 9.66. The number of hydrogen-bond donors (Lipinski definition) is 1. The van der Waals surface area contributed by atoms with Crippen LogP contribution in [0, 0.1) is 17.8 Å². The van der Waals surface area contributed by atoms with Crippen molar-refractivity contribution in [2.75, 3.05) is 19.6 Å². The lowest BCUT2D eigenvalue weighted by atomic mass is 9.64. The molecule has 2 aromatic rings. The number of carboxylic acids is 1. The molecule has 0 spiro atoms. The van der Waals surface area contributed by atoms with Crippen molar-refractivity contribution in [2.24, 2.45) is 17.8 Å². The zero-order valence-electron chi connectivity index (χ0n) is 23.2. The highest BCUT2D eigenvalue weighted by atomic mass is 16.4. The molecule has 206 valence electrons. The predicted molar refractivity (Wildman–Crippen MR) is 150 cm³/mol. The van der Waals surface area contributed by atoms with Gasteiger partial charge in [-0.25, -0.2) is 4.98 Å². The van der Waals surface area contributed by atoms with Crippen molar-refractivity contribution in [3.05, 3.63) is 30.1 Å². The minimum Gasteiger partial charge on any atom is -0.480 e. The lowest BCUT2D eigenvalue weighted by Crippen LogP contribution is -2.58. The zero-order valence-corrected chi connectivity index (χ0v) is 23.2. The molecule has 1 aromatic heterocycles. The maximum Gasteiger partial charge on any atom is 0.317 e. The van der Waals surface area contributed by atoms with Crippen molar-refractivity contribution in [2.45, 2.75) is 114 Å². The van der Waals surface area contributed by atoms with Gasteiger partial charge in [0, 0.05) is 36.6 Å². The van der Waals surface area contributed by atoms with Gasteiger partial charge in [-0.2, -0.15) is 0 Å². The summed E-state index contributed by atoms with van der Waals surface area (Å²) in [5, 5.41) is 9.42. The quantitative estimate of drug-likeness (QED) is 0.520. The molecule has 38 heavy (non-hydrogen) atoms. The molecule has 0 radical (unpaired) electrons. The number of nitrogens with zero attached hydrogens (tertiary/aromatic N) is 4. The van der Waals surface area contributed by atoms with Crippen LogP contribution in [0.5, 0.6) is 0 Å². The minimum atomic E-state index is -0.722. The molecule has 6 nitrogen and oxygen atoms in total. The largest absolute Gasteiger partial charge is 0.480 e. The van der Waals surface area contributed by atoms with Gasteiger partial charge in [-0.05, 0) is 94.2 Å². The molecule has 3 saturated heterocycles. The van der Waals surface area contributed by atoms with Gasteiger partial charge >= 0.3 is 5.97 Å². The SMILES string of the molecule is C[C@@H]1CC[C@@H]2C[C@H]1C[C@@H](N1[C@@H]3CCC[C@H]1CC(n1c([C@H]4CCCN(CC(=O)O)C4)nc4ccccc41)C3)C2. The fourth-order valence-electron chi connectivity index (χ4n) is 9.66. The maximum atomic E-state index is 11.5. The van der Waals surface area contributed by atoms with Crippen molar-refractivity contribution in [3.63, 3.8) is 0 Å². The molecule has 4 heterocycles. The van der Waals surface area contributed by atoms with Crippen LogP contribution in [0.4, 0.5) is 0 Å². The molecule has 5 aliphatic rings. The Hall–Kier alpha value is -1.92. The van der Waals surface area contributed by atoms with Crippen molar-refractivity contribution in [3.8, 4) is 0 Å². The van der Waals surface area contributed by atoms with E-state index in [0.29, 0.717) is 24.0 Å². The molecule has 2 saturated carbocycles. The number of hydrogen-bond acceptors (Lipinski definition) is 4. The minimum absolute atomic E-state index is 0.140. The molecule has 1 aromatic carbocycles. The summed E-state index contributed by atoms with van der Waals surface area (Å²) in [5.74, 6) is 3.65. The average molecular weight is 519 g/mol. The smallest absolute Gasteiger partial charge is 0.317 e. The molecule has 0 amide bonds. The van der Waals surface area contributed by atoms with Crippen LogP contribution >= 0.6 is 0 Å². The number of aromatic nitrogens is 2. The number of imidazole rings is 1. The summed E-state index contributed by atoms with van der Waals surface area (Å²) in [4.78, 5) is 21.9. The Kier molecular flexibility index (Phi) is 6.76. The molecule has 7 rings (SSSR count). The zero-order chi connectivity index (χ0) is 25.8. The number of carbonyl (C=O) groups is 1. The Morgan fingerprint density at radius 2 is 1.74 bits per heavy atom. The van der Waals surface area contributed by atoms with E-state index in [9.17, 15) is 9.90 Å². The average Bonchev–Trinajstić information content (AvgIpc) is 3.30. The van der Waals surface area contributed by atoms with Gasteiger partial charge in [0.1, 0.15) is 5.82 Å². The molecule has 1 N–H and O–H groups in total. The molecule has 4 bridgehead atoms. The number of piperidine rings is 3. The van der Waals surface area contributed by atoms with Crippen LogP contribution in [-0.4, -0.2) is 68.2 Å². The second-order valence-corrected chi connectivity index (χ2v) is 13.6. The first-order valence-electron chi connectivity index (χ1n) is 15.7.